The van der Waals surface area contributed by atoms with Crippen molar-refractivity contribution in [3.63, 3.8) is 0 Å². The van der Waals surface area contributed by atoms with Crippen molar-refractivity contribution in [2.75, 3.05) is 32.8 Å². The number of piperidine rings is 1. The fraction of sp³-hybridized carbons (Fsp3) is 0.886. The molecule has 3 heterocycles. The van der Waals surface area contributed by atoms with Gasteiger partial charge in [0.15, 0.2) is 0 Å². The van der Waals surface area contributed by atoms with Gasteiger partial charge in [-0.25, -0.2) is 4.79 Å². The largest absolute Gasteiger partial charge is 0.456 e. The van der Waals surface area contributed by atoms with Crippen LogP contribution in [0.4, 0.5) is 0 Å². The second kappa shape index (κ2) is 16.0. The van der Waals surface area contributed by atoms with Gasteiger partial charge in [-0.2, -0.15) is 0 Å². The minimum absolute atomic E-state index is 0.0177. The summed E-state index contributed by atoms with van der Waals surface area (Å²) in [6.45, 7) is 6.91. The van der Waals surface area contributed by atoms with Gasteiger partial charge in [-0.1, -0.05) is 19.4 Å². The molecule has 47 heavy (non-hydrogen) atoms. The molecule has 0 aromatic carbocycles. The van der Waals surface area contributed by atoms with Crippen molar-refractivity contribution in [1.29, 1.82) is 0 Å². The predicted octanol–water partition coefficient (Wildman–Crippen LogP) is 0.778. The van der Waals surface area contributed by atoms with Crippen LogP contribution in [0.15, 0.2) is 11.6 Å². The number of aliphatic hydroxyl groups is 4. The average Bonchev–Trinajstić information content (AvgIpc) is 3.05. The molecule has 0 aromatic heterocycles. The van der Waals surface area contributed by atoms with Gasteiger partial charge >= 0.3 is 5.97 Å². The molecule has 2 saturated carbocycles. The molecule has 0 amide bonds. The number of aliphatic hydroxyl groups excluding tert-OH is 4. The number of hydrogen-bond acceptors (Lipinski definition) is 12. The van der Waals surface area contributed by atoms with E-state index in [-0.39, 0.29) is 55.8 Å². The number of carbonyl (C=O) groups is 2. The van der Waals surface area contributed by atoms with Crippen molar-refractivity contribution in [3.05, 3.63) is 11.6 Å². The summed E-state index contributed by atoms with van der Waals surface area (Å²) in [5.41, 5.74) is 5.45. The Labute approximate surface area is 279 Å². The zero-order valence-corrected chi connectivity index (χ0v) is 28.4. The lowest BCUT2D eigenvalue weighted by Gasteiger charge is -2.60. The first-order valence-corrected chi connectivity index (χ1v) is 18.0. The van der Waals surface area contributed by atoms with Gasteiger partial charge in [-0.15, -0.1) is 0 Å². The summed E-state index contributed by atoms with van der Waals surface area (Å²) in [6, 6.07) is 0. The Bertz CT molecular complexity index is 1100. The van der Waals surface area contributed by atoms with Crippen LogP contribution in [0.5, 0.6) is 0 Å². The Morgan fingerprint density at radius 2 is 1.98 bits per heavy atom. The summed E-state index contributed by atoms with van der Waals surface area (Å²) >= 11 is 0. The Morgan fingerprint density at radius 1 is 1.19 bits per heavy atom. The number of rotatable bonds is 11. The first-order chi connectivity index (χ1) is 22.5. The molecule has 0 aromatic rings. The summed E-state index contributed by atoms with van der Waals surface area (Å²) in [5, 5.41) is 50.2. The smallest absolute Gasteiger partial charge is 0.335 e. The molecule has 3 saturated heterocycles. The van der Waals surface area contributed by atoms with Gasteiger partial charge in [0.1, 0.15) is 17.5 Å². The first-order valence-electron chi connectivity index (χ1n) is 18.0. The van der Waals surface area contributed by atoms with Gasteiger partial charge in [-0.3, -0.25) is 4.79 Å². The monoisotopic (exact) mass is 665 g/mol. The molecule has 0 radical (unpaired) electrons. The van der Waals surface area contributed by atoms with E-state index in [0.29, 0.717) is 44.5 Å². The van der Waals surface area contributed by atoms with Crippen LogP contribution in [0.2, 0.25) is 0 Å². The van der Waals surface area contributed by atoms with Gasteiger partial charge in [-0.05, 0) is 83.7 Å². The van der Waals surface area contributed by atoms with Crippen LogP contribution in [0.25, 0.3) is 0 Å². The zero-order chi connectivity index (χ0) is 33.9. The number of Topliss-reactive ketones (excluding diaryl/α,β-unsaturated/α-hetero) is 1. The quantitative estimate of drug-likeness (QED) is 0.121. The van der Waals surface area contributed by atoms with E-state index in [1.807, 2.05) is 13.8 Å². The van der Waals surface area contributed by atoms with Gasteiger partial charge in [0.2, 0.25) is 0 Å². The third kappa shape index (κ3) is 7.81. The highest BCUT2D eigenvalue weighted by Gasteiger charge is 2.64. The summed E-state index contributed by atoms with van der Waals surface area (Å²) in [6.07, 6.45) is 2.81. The molecule has 12 nitrogen and oxygen atoms in total. The van der Waals surface area contributed by atoms with Crippen LogP contribution < -0.4 is 16.4 Å². The van der Waals surface area contributed by atoms with Gasteiger partial charge in [0.25, 0.3) is 0 Å². The fourth-order valence-corrected chi connectivity index (χ4v) is 9.34. The number of hydrogen-bond donors (Lipinski definition) is 7. The minimum atomic E-state index is -1.13. The van der Waals surface area contributed by atoms with Crippen LogP contribution in [0.3, 0.4) is 0 Å². The van der Waals surface area contributed by atoms with Crippen LogP contribution >= 0.6 is 0 Å². The molecule has 3 aliphatic heterocycles. The van der Waals surface area contributed by atoms with E-state index in [9.17, 15) is 30.0 Å². The second-order valence-electron chi connectivity index (χ2n) is 15.0. The molecule has 14 atom stereocenters. The van der Waals surface area contributed by atoms with Crippen LogP contribution in [-0.4, -0.2) is 113 Å². The predicted molar refractivity (Wildman–Crippen MR) is 174 cm³/mol. The fourth-order valence-electron chi connectivity index (χ4n) is 9.34. The molecule has 5 rings (SSSR count). The lowest BCUT2D eigenvalue weighted by atomic mass is 9.57. The second-order valence-corrected chi connectivity index (χ2v) is 15.0. The van der Waals surface area contributed by atoms with Crippen LogP contribution in [-0.2, 0) is 23.8 Å². The normalized spacial score (nSPS) is 43.5. The Balaban J connectivity index is 1.52. The number of allylic oxidation sites excluding steroid dienone is 1. The zero-order valence-electron chi connectivity index (χ0n) is 28.4. The highest BCUT2D eigenvalue weighted by atomic mass is 16.6. The van der Waals surface area contributed by atoms with Crippen LogP contribution in [0, 0.1) is 35.5 Å². The highest BCUT2D eigenvalue weighted by Crippen LogP contribution is 2.54. The molecular formula is C35H59N3O9. The molecule has 268 valence electrons. The summed E-state index contributed by atoms with van der Waals surface area (Å²) in [4.78, 5) is 27.3. The lowest BCUT2D eigenvalue weighted by molar-refractivity contribution is -0.303. The SMILES string of the molecule is CC=C(CNCC)C(=O)O[C@H]1CC2C(O)C3C(=O)CC(CO)OC3C(C3CCCC(O)C3)C2O[C@@]1(C)[C@H](CO)CC1CCC(N)NC1. The summed E-state index contributed by atoms with van der Waals surface area (Å²) in [7, 11) is 0. The minimum Gasteiger partial charge on any atom is -0.456 e. The molecule has 5 aliphatic rings. The maximum atomic E-state index is 13.7. The molecule has 5 fully saturated rings. The van der Waals surface area contributed by atoms with Crippen molar-refractivity contribution >= 4 is 11.8 Å². The number of esters is 1. The van der Waals surface area contributed by atoms with Crippen molar-refractivity contribution in [2.45, 2.75) is 127 Å². The van der Waals surface area contributed by atoms with E-state index in [4.69, 9.17) is 19.9 Å². The Hall–Kier alpha value is -1.48. The molecule has 2 aliphatic carbocycles. The molecule has 11 unspecified atom stereocenters. The number of carbonyl (C=O) groups excluding carboxylic acids is 2. The number of likely N-dealkylation sites (N-methyl/N-ethyl adjacent to an activating group) is 1. The van der Waals surface area contributed by atoms with Gasteiger partial charge in [0, 0.05) is 42.9 Å². The van der Waals surface area contributed by atoms with Gasteiger partial charge in [0.05, 0.1) is 49.2 Å². The molecule has 0 bridgehead atoms. The lowest BCUT2D eigenvalue weighted by Crippen LogP contribution is -2.70. The van der Waals surface area contributed by atoms with E-state index in [2.05, 4.69) is 10.6 Å². The van der Waals surface area contributed by atoms with E-state index in [1.54, 1.807) is 13.0 Å². The number of nitrogens with two attached hydrogens (primary N) is 1. The summed E-state index contributed by atoms with van der Waals surface area (Å²) in [5.74, 6) is -2.52. The van der Waals surface area contributed by atoms with Gasteiger partial charge < -0.3 is 51.0 Å². The molecule has 8 N–H and O–H groups in total. The Morgan fingerprint density at radius 3 is 2.62 bits per heavy atom. The maximum Gasteiger partial charge on any atom is 0.335 e. The average molecular weight is 666 g/mol. The third-order valence-electron chi connectivity index (χ3n) is 12.1. The number of fused-ring (bicyclic) bond motifs is 2. The van der Waals surface area contributed by atoms with Crippen molar-refractivity contribution in [3.8, 4) is 0 Å². The standard InChI is InChI=1S/C35H59N3O9/c1-4-20(16-37-5-2)34(44)46-27-14-25-31(43)30-26(42)13-24(18-40)45-33(30)29(21-7-6-8-23(41)12-21)32(25)47-35(27,3)22(17-39)11-19-9-10-28(36)38-15-19/h4,19,21-25,27-33,37-41,43H,5-18,36H2,1-3H3/t19?,21?,22-,23?,24?,25?,27-,28?,29?,30?,31?,32?,33?,35-/m0/s1. The van der Waals surface area contributed by atoms with E-state index in [0.717, 1.165) is 25.7 Å². The van der Waals surface area contributed by atoms with Crippen molar-refractivity contribution in [1.82, 2.24) is 10.6 Å². The maximum absolute atomic E-state index is 13.7. The van der Waals surface area contributed by atoms with Crippen molar-refractivity contribution < 1.29 is 44.2 Å². The number of nitrogens with one attached hydrogen (secondary N) is 2. The molecular weight excluding hydrogens is 606 g/mol. The van der Waals surface area contributed by atoms with E-state index in [1.165, 1.54) is 0 Å². The Kier molecular flexibility index (Phi) is 12.6. The number of ether oxygens (including phenoxy) is 3. The van der Waals surface area contributed by atoms with E-state index < -0.39 is 65.9 Å². The summed E-state index contributed by atoms with van der Waals surface area (Å²) < 4.78 is 20.0. The number of ketones is 1. The first kappa shape index (κ1) is 36.8. The van der Waals surface area contributed by atoms with E-state index >= 15 is 0 Å². The molecule has 12 heteroatoms. The van der Waals surface area contributed by atoms with Crippen molar-refractivity contribution in [2.24, 2.45) is 41.2 Å². The highest BCUT2D eigenvalue weighted by molar-refractivity contribution is 5.89. The third-order valence-corrected chi connectivity index (χ3v) is 12.1. The topological polar surface area (TPSA) is 193 Å². The van der Waals surface area contributed by atoms with Crippen LogP contribution in [0.1, 0.15) is 78.6 Å². The molecule has 0 spiro atoms.